The molecule has 0 spiro atoms. The van der Waals surface area contributed by atoms with E-state index >= 15 is 0 Å². The predicted molar refractivity (Wildman–Crippen MR) is 56.8 cm³/mol. The van der Waals surface area contributed by atoms with Crippen LogP contribution in [0, 0.1) is 0 Å². The van der Waals surface area contributed by atoms with Crippen LogP contribution in [0.3, 0.4) is 0 Å². The largest absolute Gasteiger partial charge is 0.264 e. The molecule has 1 aromatic rings. The third-order valence-electron chi connectivity index (χ3n) is 2.52. The lowest BCUT2D eigenvalue weighted by atomic mass is 10.1. The molecular weight excluding hydrogens is 180 g/mol. The highest BCUT2D eigenvalue weighted by Gasteiger charge is 2.17. The first kappa shape index (κ1) is 9.06. The summed E-state index contributed by atoms with van der Waals surface area (Å²) in [7, 11) is 0. The van der Waals surface area contributed by atoms with Crippen LogP contribution >= 0.6 is 12.1 Å². The summed E-state index contributed by atoms with van der Waals surface area (Å²) in [6.45, 7) is 4.16. The number of hydrogen-bond donors (Lipinski definition) is 1. The number of rotatable bonds is 2. The van der Waals surface area contributed by atoms with Crippen LogP contribution in [0.4, 0.5) is 0 Å². The number of aryl methyl sites for hydroxylation is 1. The molecule has 70 valence electrons. The highest BCUT2D eigenvalue weighted by molar-refractivity contribution is 7.94. The Labute approximate surface area is 83.4 Å². The van der Waals surface area contributed by atoms with E-state index in [4.69, 9.17) is 5.14 Å². The van der Waals surface area contributed by atoms with Gasteiger partial charge in [0.2, 0.25) is 0 Å². The van der Waals surface area contributed by atoms with Crippen molar-refractivity contribution in [1.82, 2.24) is 4.31 Å². The van der Waals surface area contributed by atoms with E-state index in [2.05, 4.69) is 29.4 Å². The summed E-state index contributed by atoms with van der Waals surface area (Å²) in [5, 5.41) is 5.53. The van der Waals surface area contributed by atoms with Crippen LogP contribution in [-0.2, 0) is 19.5 Å². The Morgan fingerprint density at radius 1 is 1.38 bits per heavy atom. The SMILES string of the molecule is CCc1ccc2c(c1)CN(SN)C2. The molecule has 0 aliphatic carbocycles. The molecule has 13 heavy (non-hydrogen) atoms. The summed E-state index contributed by atoms with van der Waals surface area (Å²) in [5.41, 5.74) is 4.29. The van der Waals surface area contributed by atoms with Gasteiger partial charge in [-0.3, -0.25) is 5.14 Å². The van der Waals surface area contributed by atoms with Crippen LogP contribution in [0.2, 0.25) is 0 Å². The molecule has 1 heterocycles. The van der Waals surface area contributed by atoms with Gasteiger partial charge in [-0.2, -0.15) is 0 Å². The number of benzene rings is 1. The van der Waals surface area contributed by atoms with Crippen molar-refractivity contribution in [2.24, 2.45) is 5.14 Å². The Kier molecular flexibility index (Phi) is 2.58. The van der Waals surface area contributed by atoms with Crippen LogP contribution < -0.4 is 5.14 Å². The molecule has 3 heteroatoms. The molecular formula is C10H14N2S. The van der Waals surface area contributed by atoms with Crippen molar-refractivity contribution in [1.29, 1.82) is 0 Å². The number of hydrogen-bond acceptors (Lipinski definition) is 3. The molecule has 0 unspecified atom stereocenters. The van der Waals surface area contributed by atoms with Gasteiger partial charge >= 0.3 is 0 Å². The average molecular weight is 194 g/mol. The van der Waals surface area contributed by atoms with E-state index in [0.29, 0.717) is 0 Å². The van der Waals surface area contributed by atoms with Crippen molar-refractivity contribution in [3.8, 4) is 0 Å². The van der Waals surface area contributed by atoms with Crippen molar-refractivity contribution >= 4 is 12.1 Å². The summed E-state index contributed by atoms with van der Waals surface area (Å²) < 4.78 is 2.17. The number of fused-ring (bicyclic) bond motifs is 1. The topological polar surface area (TPSA) is 29.3 Å². The van der Waals surface area contributed by atoms with Gasteiger partial charge in [0, 0.05) is 25.2 Å². The second-order valence-corrected chi connectivity index (χ2v) is 4.09. The Morgan fingerprint density at radius 3 is 2.85 bits per heavy atom. The van der Waals surface area contributed by atoms with E-state index in [1.165, 1.54) is 28.8 Å². The lowest BCUT2D eigenvalue weighted by Crippen LogP contribution is -2.08. The van der Waals surface area contributed by atoms with E-state index in [1.54, 1.807) is 0 Å². The first-order chi connectivity index (χ1) is 6.33. The summed E-state index contributed by atoms with van der Waals surface area (Å²) in [4.78, 5) is 0. The van der Waals surface area contributed by atoms with Gasteiger partial charge in [0.15, 0.2) is 0 Å². The molecule has 0 saturated carbocycles. The lowest BCUT2D eigenvalue weighted by Gasteiger charge is -2.07. The maximum atomic E-state index is 5.53. The molecule has 2 rings (SSSR count). The van der Waals surface area contributed by atoms with Gasteiger partial charge in [0.05, 0.1) is 0 Å². The van der Waals surface area contributed by atoms with Gasteiger partial charge in [-0.25, -0.2) is 4.31 Å². The maximum Gasteiger partial charge on any atom is 0.0359 e. The molecule has 2 N–H and O–H groups in total. The minimum absolute atomic E-state index is 0.987. The third-order valence-corrected chi connectivity index (χ3v) is 3.08. The van der Waals surface area contributed by atoms with Crippen molar-refractivity contribution in [3.63, 3.8) is 0 Å². The number of nitrogens with zero attached hydrogens (tertiary/aromatic N) is 1. The fourth-order valence-corrected chi connectivity index (χ4v) is 2.14. The molecule has 2 nitrogen and oxygen atoms in total. The van der Waals surface area contributed by atoms with Gasteiger partial charge < -0.3 is 0 Å². The normalized spacial score (nSPS) is 16.2. The van der Waals surface area contributed by atoms with Crippen molar-refractivity contribution in [2.45, 2.75) is 26.4 Å². The second kappa shape index (κ2) is 3.70. The van der Waals surface area contributed by atoms with Crippen LogP contribution in [0.5, 0.6) is 0 Å². The maximum absolute atomic E-state index is 5.53. The van der Waals surface area contributed by atoms with E-state index in [9.17, 15) is 0 Å². The molecule has 0 fully saturated rings. The highest BCUT2D eigenvalue weighted by Crippen LogP contribution is 2.26. The van der Waals surface area contributed by atoms with Crippen LogP contribution in [0.1, 0.15) is 23.6 Å². The minimum atomic E-state index is 0.987. The summed E-state index contributed by atoms with van der Waals surface area (Å²) >= 11 is 1.34. The molecule has 0 bridgehead atoms. The smallest absolute Gasteiger partial charge is 0.0359 e. The zero-order valence-corrected chi connectivity index (χ0v) is 8.60. The van der Waals surface area contributed by atoms with Crippen molar-refractivity contribution in [2.75, 3.05) is 0 Å². The first-order valence-corrected chi connectivity index (χ1v) is 5.39. The second-order valence-electron chi connectivity index (χ2n) is 3.36. The van der Waals surface area contributed by atoms with Gasteiger partial charge in [0.1, 0.15) is 0 Å². The standard InChI is InChI=1S/C10H14N2S/c1-2-8-3-4-9-6-12(13-11)7-10(9)5-8/h3-5H,2,6-7,11H2,1H3. The predicted octanol–water partition coefficient (Wildman–Crippen LogP) is 2.09. The zero-order chi connectivity index (χ0) is 9.26. The zero-order valence-electron chi connectivity index (χ0n) is 7.79. The molecule has 1 aromatic carbocycles. The van der Waals surface area contributed by atoms with Crippen molar-refractivity contribution < 1.29 is 0 Å². The fraction of sp³-hybridized carbons (Fsp3) is 0.400. The van der Waals surface area contributed by atoms with Gasteiger partial charge in [-0.05, 0) is 23.1 Å². The quantitative estimate of drug-likeness (QED) is 0.731. The average Bonchev–Trinajstić information content (AvgIpc) is 2.58. The van der Waals surface area contributed by atoms with E-state index in [-0.39, 0.29) is 0 Å². The molecule has 0 atom stereocenters. The molecule has 0 radical (unpaired) electrons. The Hall–Kier alpha value is -0.510. The first-order valence-electron chi connectivity index (χ1n) is 4.56. The van der Waals surface area contributed by atoms with Gasteiger partial charge in [0.25, 0.3) is 0 Å². The summed E-state index contributed by atoms with van der Waals surface area (Å²) in [5.74, 6) is 0. The molecule has 0 amide bonds. The Morgan fingerprint density at radius 2 is 2.15 bits per heavy atom. The summed E-state index contributed by atoms with van der Waals surface area (Å²) in [6.07, 6.45) is 1.11. The van der Waals surface area contributed by atoms with Crippen LogP contribution in [-0.4, -0.2) is 4.31 Å². The van der Waals surface area contributed by atoms with Crippen LogP contribution in [0.25, 0.3) is 0 Å². The minimum Gasteiger partial charge on any atom is -0.264 e. The Balaban J connectivity index is 2.25. The monoisotopic (exact) mass is 194 g/mol. The van der Waals surface area contributed by atoms with E-state index in [1.807, 2.05) is 0 Å². The molecule has 0 saturated heterocycles. The fourth-order valence-electron chi connectivity index (χ4n) is 1.71. The third kappa shape index (κ3) is 1.73. The van der Waals surface area contributed by atoms with Gasteiger partial charge in [-0.15, -0.1) is 0 Å². The molecule has 1 aliphatic heterocycles. The Bertz CT molecular complexity index is 312. The van der Waals surface area contributed by atoms with E-state index < -0.39 is 0 Å². The van der Waals surface area contributed by atoms with Gasteiger partial charge in [-0.1, -0.05) is 25.1 Å². The van der Waals surface area contributed by atoms with E-state index in [0.717, 1.165) is 19.5 Å². The van der Waals surface area contributed by atoms with Crippen molar-refractivity contribution in [3.05, 3.63) is 34.9 Å². The summed E-state index contributed by atoms with van der Waals surface area (Å²) in [6, 6.07) is 6.74. The highest BCUT2D eigenvalue weighted by atomic mass is 32.2. The number of nitrogens with two attached hydrogens (primary N) is 1. The lowest BCUT2D eigenvalue weighted by molar-refractivity contribution is 0.509. The molecule has 1 aliphatic rings. The van der Waals surface area contributed by atoms with Crippen LogP contribution in [0.15, 0.2) is 18.2 Å². The molecule has 0 aromatic heterocycles.